The van der Waals surface area contributed by atoms with Crippen LogP contribution in [0.15, 0.2) is 24.5 Å². The molecule has 0 amide bonds. The van der Waals surface area contributed by atoms with Gasteiger partial charge in [-0.15, -0.1) is 0 Å². The third kappa shape index (κ3) is 3.06. The van der Waals surface area contributed by atoms with Gasteiger partial charge < -0.3 is 15.2 Å². The molecule has 5 nitrogen and oxygen atoms in total. The molecule has 6 heteroatoms. The summed E-state index contributed by atoms with van der Waals surface area (Å²) < 4.78 is 5.49. The van der Waals surface area contributed by atoms with Gasteiger partial charge in [0, 0.05) is 19.4 Å². The number of ether oxygens (including phenoxy) is 1. The highest BCUT2D eigenvalue weighted by molar-refractivity contribution is 7.80. The molecule has 1 aliphatic carbocycles. The van der Waals surface area contributed by atoms with Gasteiger partial charge in [-0.1, -0.05) is 24.7 Å². The predicted octanol–water partition coefficient (Wildman–Crippen LogP) is 1.34. The number of rotatable bonds is 4. The van der Waals surface area contributed by atoms with E-state index in [1.807, 2.05) is 12.1 Å². The molecule has 0 aliphatic heterocycles. The number of aliphatic hydroxyl groups excluding tert-OH is 1. The third-order valence-electron chi connectivity index (χ3n) is 4.05. The summed E-state index contributed by atoms with van der Waals surface area (Å²) in [4.78, 5) is 16.4. The van der Waals surface area contributed by atoms with E-state index in [1.165, 1.54) is 0 Å². The molecule has 1 saturated carbocycles. The molecule has 0 saturated heterocycles. The summed E-state index contributed by atoms with van der Waals surface area (Å²) in [6, 6.07) is 3.82. The van der Waals surface area contributed by atoms with Crippen LogP contribution in [0.4, 0.5) is 0 Å². The maximum atomic E-state index is 11.6. The maximum Gasteiger partial charge on any atom is 0.332 e. The molecule has 2 N–H and O–H groups in total. The van der Waals surface area contributed by atoms with E-state index in [4.69, 9.17) is 22.1 Å². The van der Waals surface area contributed by atoms with E-state index < -0.39 is 18.0 Å². The second-order valence-electron chi connectivity index (χ2n) is 5.17. The van der Waals surface area contributed by atoms with Gasteiger partial charge >= 0.3 is 5.97 Å². The van der Waals surface area contributed by atoms with Crippen molar-refractivity contribution in [2.75, 3.05) is 13.7 Å². The number of likely N-dealkylation sites (N-methyl/N-ethyl adjacent to an activating group) is 1. The number of aliphatic hydroxyl groups is 1. The number of aromatic nitrogens is 1. The quantitative estimate of drug-likeness (QED) is 0.646. The van der Waals surface area contributed by atoms with E-state index in [-0.39, 0.29) is 6.10 Å². The molecule has 1 aromatic heterocycles. The number of carbonyl (C=O) groups is 1. The molecule has 21 heavy (non-hydrogen) atoms. The summed E-state index contributed by atoms with van der Waals surface area (Å²) in [5, 5.41) is 12.0. The highest BCUT2D eigenvalue weighted by atomic mass is 32.1. The minimum atomic E-state index is -0.619. The van der Waals surface area contributed by atoms with Gasteiger partial charge in [-0.05, 0) is 30.9 Å². The highest BCUT2D eigenvalue weighted by Crippen LogP contribution is 2.42. The Morgan fingerprint density at radius 2 is 2.43 bits per heavy atom. The number of nitrogens with one attached hydrogen (secondary N) is 1. The van der Waals surface area contributed by atoms with Gasteiger partial charge in [0.25, 0.3) is 0 Å². The van der Waals surface area contributed by atoms with E-state index in [1.54, 1.807) is 19.4 Å². The van der Waals surface area contributed by atoms with E-state index in [9.17, 15) is 4.79 Å². The van der Waals surface area contributed by atoms with Crippen molar-refractivity contribution in [3.05, 3.63) is 30.1 Å². The zero-order valence-corrected chi connectivity index (χ0v) is 12.9. The molecular formula is C15H20N2O3S. The number of pyridine rings is 1. The van der Waals surface area contributed by atoms with Gasteiger partial charge in [-0.25, -0.2) is 4.79 Å². The van der Waals surface area contributed by atoms with E-state index in [2.05, 4.69) is 10.3 Å². The molecule has 1 heterocycles. The Bertz CT molecular complexity index is 509. The van der Waals surface area contributed by atoms with Crippen LogP contribution in [0.1, 0.15) is 31.2 Å². The molecule has 0 bridgehead atoms. The number of hydrogen-bond donors (Lipinski definition) is 2. The van der Waals surface area contributed by atoms with Gasteiger partial charge in [-0.2, -0.15) is 0 Å². The molecule has 0 radical (unpaired) electrons. The Balaban J connectivity index is 2.45. The van der Waals surface area contributed by atoms with Crippen LogP contribution in [0.3, 0.4) is 0 Å². The zero-order valence-electron chi connectivity index (χ0n) is 12.0. The van der Waals surface area contributed by atoms with Crippen LogP contribution < -0.4 is 5.32 Å². The molecule has 1 aromatic rings. The van der Waals surface area contributed by atoms with Gasteiger partial charge in [0.2, 0.25) is 0 Å². The predicted molar refractivity (Wildman–Crippen MR) is 83.0 cm³/mol. The molecule has 114 valence electrons. The van der Waals surface area contributed by atoms with Crippen LogP contribution in [0.2, 0.25) is 0 Å². The van der Waals surface area contributed by atoms with E-state index in [0.29, 0.717) is 4.99 Å². The van der Waals surface area contributed by atoms with Crippen LogP contribution in [0.5, 0.6) is 0 Å². The lowest BCUT2D eigenvalue weighted by Gasteiger charge is -2.43. The summed E-state index contributed by atoms with van der Waals surface area (Å²) in [6.07, 6.45) is 6.59. The smallest absolute Gasteiger partial charge is 0.332 e. The summed E-state index contributed by atoms with van der Waals surface area (Å²) in [7, 11) is 1.78. The lowest BCUT2D eigenvalue weighted by molar-refractivity contribution is -0.156. The topological polar surface area (TPSA) is 71.5 Å². The van der Waals surface area contributed by atoms with Crippen LogP contribution >= 0.6 is 12.2 Å². The first-order valence-corrected chi connectivity index (χ1v) is 7.49. The normalized spacial score (nSPS) is 25.1. The van der Waals surface area contributed by atoms with Crippen LogP contribution in [0.25, 0.3) is 0 Å². The number of nitrogens with zero attached hydrogens (tertiary/aromatic N) is 1. The molecule has 0 aromatic carbocycles. The fraction of sp³-hybridized carbons (Fsp3) is 0.533. The summed E-state index contributed by atoms with van der Waals surface area (Å²) in [5.41, 5.74) is 0.376. The van der Waals surface area contributed by atoms with Crippen molar-refractivity contribution in [2.24, 2.45) is 0 Å². The molecule has 0 unspecified atom stereocenters. The summed E-state index contributed by atoms with van der Waals surface area (Å²) in [5.74, 6) is -0.617. The number of esters is 1. The van der Waals surface area contributed by atoms with Gasteiger partial charge in [0.1, 0.15) is 12.7 Å². The number of carbonyl (C=O) groups excluding carboxylic acids is 1. The van der Waals surface area contributed by atoms with Gasteiger partial charge in [-0.3, -0.25) is 4.98 Å². The van der Waals surface area contributed by atoms with E-state index >= 15 is 0 Å². The zero-order chi connectivity index (χ0) is 15.3. The highest BCUT2D eigenvalue weighted by Gasteiger charge is 2.48. The monoisotopic (exact) mass is 308 g/mol. The standard InChI is InChI=1S/C15H20N2O3S/c1-16-14(21)15(11-5-4-8-17-9-11)7-3-2-6-12(15)20-13(19)10-18/h4-5,8-9,12,18H,2-3,6-7,10H2,1H3,(H,16,21)/t12-,15+/m1/s1. The average molecular weight is 308 g/mol. The van der Waals surface area contributed by atoms with Gasteiger partial charge in [0.15, 0.2) is 0 Å². The third-order valence-corrected chi connectivity index (χ3v) is 4.62. The minimum Gasteiger partial charge on any atom is -0.459 e. The Morgan fingerprint density at radius 3 is 3.05 bits per heavy atom. The molecule has 2 atom stereocenters. The van der Waals surface area contributed by atoms with Crippen molar-refractivity contribution < 1.29 is 14.6 Å². The first-order valence-electron chi connectivity index (χ1n) is 7.08. The van der Waals surface area contributed by atoms with Crippen LogP contribution in [-0.2, 0) is 14.9 Å². The Hall–Kier alpha value is -1.53. The fourth-order valence-corrected chi connectivity index (χ4v) is 3.42. The number of thiocarbonyl (C=S) groups is 1. The molecular weight excluding hydrogens is 288 g/mol. The summed E-state index contributed by atoms with van der Waals surface area (Å²) in [6.45, 7) is -0.619. The van der Waals surface area contributed by atoms with E-state index in [0.717, 1.165) is 31.2 Å². The summed E-state index contributed by atoms with van der Waals surface area (Å²) >= 11 is 5.54. The largest absolute Gasteiger partial charge is 0.459 e. The van der Waals surface area contributed by atoms with Crippen molar-refractivity contribution >= 4 is 23.2 Å². The minimum absolute atomic E-state index is 0.380. The SMILES string of the molecule is CNC(=S)[C@]1(c2cccnc2)CCCC[C@H]1OC(=O)CO. The van der Waals surface area contributed by atoms with Crippen molar-refractivity contribution in [1.82, 2.24) is 10.3 Å². The Morgan fingerprint density at radius 1 is 1.62 bits per heavy atom. The molecule has 1 fully saturated rings. The molecule has 0 spiro atoms. The maximum absolute atomic E-state index is 11.6. The first-order chi connectivity index (χ1) is 10.1. The fourth-order valence-electron chi connectivity index (χ4n) is 3.07. The molecule has 1 aliphatic rings. The van der Waals surface area contributed by atoms with Crippen molar-refractivity contribution in [1.29, 1.82) is 0 Å². The van der Waals surface area contributed by atoms with Crippen molar-refractivity contribution in [3.63, 3.8) is 0 Å². The second kappa shape index (κ2) is 6.95. The average Bonchev–Trinajstić information content (AvgIpc) is 2.55. The van der Waals surface area contributed by atoms with Crippen LogP contribution in [0, 0.1) is 0 Å². The lowest BCUT2D eigenvalue weighted by atomic mass is 9.67. The second-order valence-corrected chi connectivity index (χ2v) is 5.58. The Labute approximate surface area is 129 Å². The van der Waals surface area contributed by atoms with Crippen LogP contribution in [-0.4, -0.2) is 40.8 Å². The lowest BCUT2D eigenvalue weighted by Crippen LogP contribution is -2.54. The van der Waals surface area contributed by atoms with Crippen molar-refractivity contribution in [3.8, 4) is 0 Å². The molecule has 2 rings (SSSR count). The van der Waals surface area contributed by atoms with Gasteiger partial charge in [0.05, 0.1) is 10.4 Å². The number of hydrogen-bond acceptors (Lipinski definition) is 5. The van der Waals surface area contributed by atoms with Crippen molar-refractivity contribution in [2.45, 2.75) is 37.2 Å². The Kier molecular flexibility index (Phi) is 5.25. The first kappa shape index (κ1) is 15.9.